The van der Waals surface area contributed by atoms with E-state index < -0.39 is 5.97 Å². The minimum atomic E-state index is -1.03. The average Bonchev–Trinajstić information content (AvgIpc) is 2.70. The Hall–Kier alpha value is -1.88. The van der Waals surface area contributed by atoms with E-state index in [1.54, 1.807) is 31.2 Å². The highest BCUT2D eigenvalue weighted by atomic mass is 32.1. The first-order valence-corrected chi connectivity index (χ1v) is 6.09. The summed E-state index contributed by atoms with van der Waals surface area (Å²) in [6.07, 6.45) is 0. The predicted octanol–water partition coefficient (Wildman–Crippen LogP) is 3.47. The van der Waals surface area contributed by atoms with Gasteiger partial charge in [-0.1, -0.05) is 18.2 Å². The molecule has 2 rings (SSSR count). The van der Waals surface area contributed by atoms with Gasteiger partial charge in [0.2, 0.25) is 0 Å². The molecule has 18 heavy (non-hydrogen) atoms. The number of rotatable bonds is 4. The SMILES string of the molecule is Cc1cc(OCc2ccccc2F)c(C(=O)O)s1. The van der Waals surface area contributed by atoms with Crippen molar-refractivity contribution in [1.29, 1.82) is 0 Å². The third kappa shape index (κ3) is 2.68. The zero-order valence-electron chi connectivity index (χ0n) is 9.64. The molecule has 3 nitrogen and oxygen atoms in total. The summed E-state index contributed by atoms with van der Waals surface area (Å²) in [7, 11) is 0. The largest absolute Gasteiger partial charge is 0.487 e. The van der Waals surface area contributed by atoms with Crippen LogP contribution in [0.2, 0.25) is 0 Å². The molecule has 0 fully saturated rings. The van der Waals surface area contributed by atoms with Crippen LogP contribution in [0.5, 0.6) is 5.75 Å². The summed E-state index contributed by atoms with van der Waals surface area (Å²) in [6, 6.07) is 7.90. The van der Waals surface area contributed by atoms with Gasteiger partial charge in [0.15, 0.2) is 4.88 Å². The Balaban J connectivity index is 2.16. The minimum Gasteiger partial charge on any atom is -0.487 e. The Morgan fingerprint density at radius 3 is 2.83 bits per heavy atom. The fourth-order valence-electron chi connectivity index (χ4n) is 1.52. The lowest BCUT2D eigenvalue weighted by Crippen LogP contribution is -2.01. The molecule has 0 saturated carbocycles. The summed E-state index contributed by atoms with van der Waals surface area (Å²) in [4.78, 5) is 12.0. The maximum atomic E-state index is 13.4. The molecule has 0 atom stereocenters. The molecule has 1 aromatic heterocycles. The number of ether oxygens (including phenoxy) is 1. The second-order valence-electron chi connectivity index (χ2n) is 3.74. The number of hydrogen-bond donors (Lipinski definition) is 1. The van der Waals surface area contributed by atoms with Crippen molar-refractivity contribution in [2.45, 2.75) is 13.5 Å². The van der Waals surface area contributed by atoms with Crippen LogP contribution in [0.25, 0.3) is 0 Å². The van der Waals surface area contributed by atoms with Gasteiger partial charge in [0, 0.05) is 10.4 Å². The number of carboxylic acids is 1. The molecule has 0 unspecified atom stereocenters. The van der Waals surface area contributed by atoms with Crippen molar-refractivity contribution in [3.63, 3.8) is 0 Å². The topological polar surface area (TPSA) is 46.5 Å². The van der Waals surface area contributed by atoms with Crippen LogP contribution in [0, 0.1) is 12.7 Å². The molecule has 0 saturated heterocycles. The summed E-state index contributed by atoms with van der Waals surface area (Å²) in [5.74, 6) is -1.11. The molecule has 1 aromatic carbocycles. The normalized spacial score (nSPS) is 10.3. The van der Waals surface area contributed by atoms with Crippen molar-refractivity contribution < 1.29 is 19.0 Å². The minimum absolute atomic E-state index is 0.0170. The molecule has 2 aromatic rings. The van der Waals surface area contributed by atoms with Crippen molar-refractivity contribution in [3.05, 3.63) is 51.5 Å². The summed E-state index contributed by atoms with van der Waals surface area (Å²) < 4.78 is 18.7. The second kappa shape index (κ2) is 5.18. The number of halogens is 1. The lowest BCUT2D eigenvalue weighted by Gasteiger charge is -2.06. The fraction of sp³-hybridized carbons (Fsp3) is 0.154. The summed E-state index contributed by atoms with van der Waals surface area (Å²) in [5, 5.41) is 8.99. The number of hydrogen-bond acceptors (Lipinski definition) is 3. The van der Waals surface area contributed by atoms with Crippen LogP contribution in [-0.2, 0) is 6.61 Å². The third-order valence-electron chi connectivity index (χ3n) is 2.36. The summed E-state index contributed by atoms with van der Waals surface area (Å²) in [5.41, 5.74) is 0.401. The molecule has 0 aliphatic heterocycles. The zero-order chi connectivity index (χ0) is 13.1. The van der Waals surface area contributed by atoms with Gasteiger partial charge in [-0.2, -0.15) is 0 Å². The predicted molar refractivity (Wildman–Crippen MR) is 66.7 cm³/mol. The van der Waals surface area contributed by atoms with Crippen LogP contribution in [0.3, 0.4) is 0 Å². The number of benzene rings is 1. The average molecular weight is 266 g/mol. The highest BCUT2D eigenvalue weighted by molar-refractivity contribution is 7.14. The van der Waals surface area contributed by atoms with E-state index >= 15 is 0 Å². The van der Waals surface area contributed by atoms with Crippen molar-refractivity contribution in [2.24, 2.45) is 0 Å². The molecule has 0 aliphatic rings. The third-order valence-corrected chi connectivity index (χ3v) is 3.38. The van der Waals surface area contributed by atoms with Crippen LogP contribution in [0.4, 0.5) is 4.39 Å². The van der Waals surface area contributed by atoms with E-state index in [2.05, 4.69) is 0 Å². The zero-order valence-corrected chi connectivity index (χ0v) is 10.5. The fourth-order valence-corrected chi connectivity index (χ4v) is 2.31. The molecule has 0 radical (unpaired) electrons. The molecule has 0 spiro atoms. The Labute approximate surface area is 107 Å². The van der Waals surface area contributed by atoms with Crippen LogP contribution >= 0.6 is 11.3 Å². The summed E-state index contributed by atoms with van der Waals surface area (Å²) in [6.45, 7) is 1.82. The number of aromatic carboxylic acids is 1. The Morgan fingerprint density at radius 2 is 2.17 bits per heavy atom. The Morgan fingerprint density at radius 1 is 1.44 bits per heavy atom. The van der Waals surface area contributed by atoms with Gasteiger partial charge in [-0.05, 0) is 19.1 Å². The van der Waals surface area contributed by atoms with Crippen molar-refractivity contribution in [2.75, 3.05) is 0 Å². The van der Waals surface area contributed by atoms with E-state index in [9.17, 15) is 9.18 Å². The number of thiophene rings is 1. The van der Waals surface area contributed by atoms with E-state index in [0.29, 0.717) is 5.56 Å². The monoisotopic (exact) mass is 266 g/mol. The molecule has 1 heterocycles. The van der Waals surface area contributed by atoms with Gasteiger partial charge in [0.25, 0.3) is 0 Å². The first kappa shape index (κ1) is 12.6. The number of carbonyl (C=O) groups is 1. The molecule has 5 heteroatoms. The molecule has 0 aliphatic carbocycles. The Kier molecular flexibility index (Phi) is 3.62. The van der Waals surface area contributed by atoms with E-state index in [4.69, 9.17) is 9.84 Å². The summed E-state index contributed by atoms with van der Waals surface area (Å²) >= 11 is 1.14. The highest BCUT2D eigenvalue weighted by Crippen LogP contribution is 2.29. The van der Waals surface area contributed by atoms with Gasteiger partial charge in [-0.15, -0.1) is 11.3 Å². The van der Waals surface area contributed by atoms with Gasteiger partial charge in [0.1, 0.15) is 18.2 Å². The van der Waals surface area contributed by atoms with Crippen LogP contribution < -0.4 is 4.74 Å². The van der Waals surface area contributed by atoms with Gasteiger partial charge in [0.05, 0.1) is 0 Å². The lowest BCUT2D eigenvalue weighted by molar-refractivity contribution is 0.0697. The van der Waals surface area contributed by atoms with Crippen molar-refractivity contribution in [1.82, 2.24) is 0 Å². The van der Waals surface area contributed by atoms with Crippen LogP contribution in [-0.4, -0.2) is 11.1 Å². The first-order valence-electron chi connectivity index (χ1n) is 5.28. The van der Waals surface area contributed by atoms with E-state index in [0.717, 1.165) is 16.2 Å². The van der Waals surface area contributed by atoms with Gasteiger partial charge in [-0.25, -0.2) is 9.18 Å². The number of aryl methyl sites for hydroxylation is 1. The van der Waals surface area contributed by atoms with Crippen LogP contribution in [0.15, 0.2) is 30.3 Å². The molecular weight excluding hydrogens is 255 g/mol. The second-order valence-corrected chi connectivity index (χ2v) is 4.99. The van der Waals surface area contributed by atoms with E-state index in [-0.39, 0.29) is 23.1 Å². The van der Waals surface area contributed by atoms with Crippen LogP contribution in [0.1, 0.15) is 20.1 Å². The lowest BCUT2D eigenvalue weighted by atomic mass is 10.2. The number of carboxylic acid groups (broad SMARTS) is 1. The molecule has 1 N–H and O–H groups in total. The standard InChI is InChI=1S/C13H11FO3S/c1-8-6-11(12(18-8)13(15)16)17-7-9-4-2-3-5-10(9)14/h2-6H,7H2,1H3,(H,15,16). The maximum Gasteiger partial charge on any atom is 0.349 e. The first-order chi connectivity index (χ1) is 8.58. The molecule has 0 bridgehead atoms. The van der Waals surface area contributed by atoms with Crippen molar-refractivity contribution >= 4 is 17.3 Å². The van der Waals surface area contributed by atoms with Gasteiger partial charge in [-0.3, -0.25) is 0 Å². The highest BCUT2D eigenvalue weighted by Gasteiger charge is 2.15. The quantitative estimate of drug-likeness (QED) is 0.921. The van der Waals surface area contributed by atoms with E-state index in [1.807, 2.05) is 0 Å². The molecule has 94 valence electrons. The van der Waals surface area contributed by atoms with E-state index in [1.165, 1.54) is 6.07 Å². The maximum absolute atomic E-state index is 13.4. The molecule has 0 amide bonds. The van der Waals surface area contributed by atoms with Crippen molar-refractivity contribution in [3.8, 4) is 5.75 Å². The molecular formula is C13H11FO3S. The van der Waals surface area contributed by atoms with Gasteiger partial charge >= 0.3 is 5.97 Å². The van der Waals surface area contributed by atoms with Gasteiger partial charge < -0.3 is 9.84 Å². The smallest absolute Gasteiger partial charge is 0.349 e. The Bertz CT molecular complexity index is 577.